The number of likely N-dealkylation sites (tertiary alicyclic amines) is 1. The average Bonchev–Trinajstić information content (AvgIpc) is 3.09. The minimum atomic E-state index is -0.895. The van der Waals surface area contributed by atoms with Gasteiger partial charge in [0.05, 0.1) is 12.1 Å². The van der Waals surface area contributed by atoms with Crippen molar-refractivity contribution in [3.05, 3.63) is 66.0 Å². The van der Waals surface area contributed by atoms with Gasteiger partial charge >= 0.3 is 6.09 Å². The Bertz CT molecular complexity index is 804. The summed E-state index contributed by atoms with van der Waals surface area (Å²) in [6.45, 7) is 2.91. The summed E-state index contributed by atoms with van der Waals surface area (Å²) in [5.41, 5.74) is 0.739. The average molecular weight is 384 g/mol. The lowest BCUT2D eigenvalue weighted by Crippen LogP contribution is -2.43. The predicted molar refractivity (Wildman–Crippen MR) is 105 cm³/mol. The van der Waals surface area contributed by atoms with E-state index in [1.54, 1.807) is 17.0 Å². The smallest absolute Gasteiger partial charge is 0.414 e. The molecule has 1 atom stereocenters. The fraction of sp³-hybridized carbons (Fsp3) is 0.409. The van der Waals surface area contributed by atoms with E-state index in [2.05, 4.69) is 4.90 Å². The second-order valence-corrected chi connectivity index (χ2v) is 7.62. The molecule has 2 aromatic carbocycles. The first-order valence-electron chi connectivity index (χ1n) is 9.77. The first-order chi connectivity index (χ1) is 13.5. The van der Waals surface area contributed by atoms with E-state index in [1.807, 2.05) is 30.3 Å². The van der Waals surface area contributed by atoms with Crippen LogP contribution in [0.25, 0.3) is 0 Å². The Morgan fingerprint density at radius 2 is 1.75 bits per heavy atom. The molecule has 6 heteroatoms. The predicted octanol–water partition coefficient (Wildman–Crippen LogP) is 3.52. The van der Waals surface area contributed by atoms with Crippen molar-refractivity contribution in [2.24, 2.45) is 0 Å². The van der Waals surface area contributed by atoms with Gasteiger partial charge in [-0.05, 0) is 49.1 Å². The molecule has 0 radical (unpaired) electrons. The number of rotatable bonds is 5. The van der Waals surface area contributed by atoms with Crippen molar-refractivity contribution in [3.63, 3.8) is 0 Å². The van der Waals surface area contributed by atoms with Crippen LogP contribution in [0, 0.1) is 5.82 Å². The minimum absolute atomic E-state index is 0.120. The van der Waals surface area contributed by atoms with E-state index >= 15 is 0 Å². The molecule has 1 N–H and O–H groups in total. The third-order valence-electron chi connectivity index (χ3n) is 5.77. The number of aliphatic hydroxyl groups is 1. The highest BCUT2D eigenvalue weighted by Gasteiger charge is 2.35. The molecule has 2 aromatic rings. The van der Waals surface area contributed by atoms with Crippen LogP contribution in [0.1, 0.15) is 24.8 Å². The molecular formula is C22H25FN2O3. The van der Waals surface area contributed by atoms with Gasteiger partial charge in [-0.1, -0.05) is 30.3 Å². The van der Waals surface area contributed by atoms with Gasteiger partial charge in [-0.25, -0.2) is 9.18 Å². The number of para-hydroxylation sites is 1. The highest BCUT2D eigenvalue weighted by atomic mass is 19.1. The maximum Gasteiger partial charge on any atom is 0.414 e. The lowest BCUT2D eigenvalue weighted by Gasteiger charge is -2.38. The summed E-state index contributed by atoms with van der Waals surface area (Å²) in [6.07, 6.45) is 1.58. The van der Waals surface area contributed by atoms with Gasteiger partial charge in [-0.15, -0.1) is 0 Å². The zero-order valence-electron chi connectivity index (χ0n) is 15.8. The zero-order chi connectivity index (χ0) is 19.6. The molecule has 0 aromatic heterocycles. The molecule has 28 heavy (non-hydrogen) atoms. The summed E-state index contributed by atoms with van der Waals surface area (Å²) in [5.74, 6) is -0.291. The van der Waals surface area contributed by atoms with Crippen LogP contribution in [0.15, 0.2) is 54.6 Å². The number of benzene rings is 2. The number of halogens is 1. The molecule has 1 unspecified atom stereocenters. The van der Waals surface area contributed by atoms with Crippen LogP contribution in [0.2, 0.25) is 0 Å². The minimum Gasteiger partial charge on any atom is -0.444 e. The van der Waals surface area contributed by atoms with Gasteiger partial charge in [0.25, 0.3) is 0 Å². The number of nitrogens with zero attached hydrogens (tertiary/aromatic N) is 2. The fourth-order valence-electron chi connectivity index (χ4n) is 4.01. The molecule has 4 rings (SSSR count). The van der Waals surface area contributed by atoms with E-state index in [9.17, 15) is 14.3 Å². The number of cyclic esters (lactones) is 1. The van der Waals surface area contributed by atoms with Crippen LogP contribution in [0.5, 0.6) is 0 Å². The number of anilines is 1. The molecule has 5 nitrogen and oxygen atoms in total. The summed E-state index contributed by atoms with van der Waals surface area (Å²) in [5, 5.41) is 10.9. The van der Waals surface area contributed by atoms with Crippen LogP contribution in [-0.4, -0.2) is 48.4 Å². The number of amides is 1. The molecule has 0 spiro atoms. The van der Waals surface area contributed by atoms with Crippen molar-refractivity contribution in [1.82, 2.24) is 4.90 Å². The van der Waals surface area contributed by atoms with Crippen LogP contribution in [0.3, 0.4) is 0 Å². The molecule has 2 heterocycles. The SMILES string of the molecule is O=C1OC(CCN2CCC(O)(c3ccc(F)cc3)CC2)CN1c1ccccc1. The monoisotopic (exact) mass is 384 g/mol. The van der Waals surface area contributed by atoms with E-state index in [0.29, 0.717) is 19.4 Å². The molecule has 2 fully saturated rings. The van der Waals surface area contributed by atoms with Gasteiger partial charge in [0.15, 0.2) is 0 Å². The Balaban J connectivity index is 1.27. The quantitative estimate of drug-likeness (QED) is 0.857. The van der Waals surface area contributed by atoms with Gasteiger partial charge in [0, 0.05) is 25.3 Å². The molecule has 2 saturated heterocycles. The summed E-state index contributed by atoms with van der Waals surface area (Å²) < 4.78 is 18.6. The number of piperidine rings is 1. The van der Waals surface area contributed by atoms with Crippen molar-refractivity contribution < 1.29 is 19.0 Å². The zero-order valence-corrected chi connectivity index (χ0v) is 15.8. The molecule has 148 valence electrons. The molecular weight excluding hydrogens is 359 g/mol. The summed E-state index contributed by atoms with van der Waals surface area (Å²) in [4.78, 5) is 16.1. The number of carbonyl (C=O) groups excluding carboxylic acids is 1. The molecule has 0 aliphatic carbocycles. The number of carbonyl (C=O) groups is 1. The maximum absolute atomic E-state index is 13.1. The van der Waals surface area contributed by atoms with Crippen LogP contribution < -0.4 is 4.90 Å². The highest BCUT2D eigenvalue weighted by Crippen LogP contribution is 2.33. The molecule has 0 bridgehead atoms. The Morgan fingerprint density at radius 1 is 1.07 bits per heavy atom. The fourth-order valence-corrected chi connectivity index (χ4v) is 4.01. The van der Waals surface area contributed by atoms with Crippen LogP contribution >= 0.6 is 0 Å². The summed E-state index contributed by atoms with van der Waals surface area (Å²) in [7, 11) is 0. The van der Waals surface area contributed by atoms with Gasteiger partial charge < -0.3 is 14.7 Å². The first kappa shape index (κ1) is 18.9. The van der Waals surface area contributed by atoms with Crippen LogP contribution in [-0.2, 0) is 10.3 Å². The standard InChI is InChI=1S/C22H25FN2O3/c23-18-8-6-17(7-9-18)22(27)11-14-24(15-12-22)13-10-20-16-25(21(26)28-20)19-4-2-1-3-5-19/h1-9,20,27H,10-16H2. The summed E-state index contributed by atoms with van der Waals surface area (Å²) in [6, 6.07) is 15.7. The Hall–Kier alpha value is -2.44. The van der Waals surface area contributed by atoms with Crippen molar-refractivity contribution in [2.45, 2.75) is 31.0 Å². The third kappa shape index (κ3) is 4.03. The molecule has 2 aliphatic heterocycles. The largest absolute Gasteiger partial charge is 0.444 e. The number of hydrogen-bond donors (Lipinski definition) is 1. The lowest BCUT2D eigenvalue weighted by atomic mass is 9.84. The van der Waals surface area contributed by atoms with Gasteiger partial charge in [0.2, 0.25) is 0 Å². The van der Waals surface area contributed by atoms with Gasteiger partial charge in [-0.3, -0.25) is 4.90 Å². The number of ether oxygens (including phenoxy) is 1. The van der Waals surface area contributed by atoms with E-state index in [1.165, 1.54) is 12.1 Å². The van der Waals surface area contributed by atoms with E-state index < -0.39 is 5.60 Å². The molecule has 2 aliphatic rings. The summed E-state index contributed by atoms with van der Waals surface area (Å²) >= 11 is 0. The second kappa shape index (κ2) is 7.89. The van der Waals surface area contributed by atoms with Crippen molar-refractivity contribution in [2.75, 3.05) is 31.1 Å². The Labute approximate surface area is 164 Å². The lowest BCUT2D eigenvalue weighted by molar-refractivity contribution is -0.0276. The Morgan fingerprint density at radius 3 is 2.43 bits per heavy atom. The van der Waals surface area contributed by atoms with Crippen molar-refractivity contribution in [3.8, 4) is 0 Å². The topological polar surface area (TPSA) is 53.0 Å². The van der Waals surface area contributed by atoms with E-state index in [-0.39, 0.29) is 18.0 Å². The van der Waals surface area contributed by atoms with Gasteiger partial charge in [-0.2, -0.15) is 0 Å². The normalized spacial score (nSPS) is 22.3. The Kier molecular flexibility index (Phi) is 5.33. The van der Waals surface area contributed by atoms with Crippen molar-refractivity contribution >= 4 is 11.8 Å². The maximum atomic E-state index is 13.1. The third-order valence-corrected chi connectivity index (χ3v) is 5.77. The second-order valence-electron chi connectivity index (χ2n) is 7.62. The number of hydrogen-bond acceptors (Lipinski definition) is 4. The van der Waals surface area contributed by atoms with Crippen molar-refractivity contribution in [1.29, 1.82) is 0 Å². The first-order valence-corrected chi connectivity index (χ1v) is 9.77. The molecule has 0 saturated carbocycles. The van der Waals surface area contributed by atoms with E-state index in [0.717, 1.165) is 37.3 Å². The molecule has 1 amide bonds. The van der Waals surface area contributed by atoms with Gasteiger partial charge in [0.1, 0.15) is 11.9 Å². The van der Waals surface area contributed by atoms with Crippen LogP contribution in [0.4, 0.5) is 14.9 Å². The van der Waals surface area contributed by atoms with E-state index in [4.69, 9.17) is 4.74 Å². The highest BCUT2D eigenvalue weighted by molar-refractivity contribution is 5.89.